The van der Waals surface area contributed by atoms with Crippen molar-refractivity contribution in [2.45, 2.75) is 0 Å². The van der Waals surface area contributed by atoms with Crippen molar-refractivity contribution in [3.63, 3.8) is 0 Å². The first-order valence-corrected chi connectivity index (χ1v) is 6.89. The minimum Gasteiger partial charge on any atom is -0.504 e. The number of benzene rings is 3. The zero-order valence-corrected chi connectivity index (χ0v) is 11.6. The standard InChI is InChI=1S/C19H16O2/c20-18-13-16-10-4-5-11-17(16)14-19(18)21-12-6-9-15-7-2-1-3-8-15/h1-11,13-14,20H,12H2/b9-6+. The third-order valence-electron chi connectivity index (χ3n) is 3.27. The summed E-state index contributed by atoms with van der Waals surface area (Å²) < 4.78 is 5.63. The molecule has 2 heteroatoms. The van der Waals surface area contributed by atoms with Gasteiger partial charge in [-0.2, -0.15) is 0 Å². The lowest BCUT2D eigenvalue weighted by atomic mass is 10.1. The van der Waals surface area contributed by atoms with E-state index in [2.05, 4.69) is 0 Å². The lowest BCUT2D eigenvalue weighted by Crippen LogP contribution is -1.93. The van der Waals surface area contributed by atoms with Crippen molar-refractivity contribution in [1.29, 1.82) is 0 Å². The second kappa shape index (κ2) is 6.14. The topological polar surface area (TPSA) is 29.5 Å². The summed E-state index contributed by atoms with van der Waals surface area (Å²) in [5.74, 6) is 0.674. The molecule has 0 heterocycles. The van der Waals surface area contributed by atoms with Crippen molar-refractivity contribution in [1.82, 2.24) is 0 Å². The Labute approximate surface area is 123 Å². The summed E-state index contributed by atoms with van der Waals surface area (Å²) in [6.07, 6.45) is 3.93. The predicted molar refractivity (Wildman–Crippen MR) is 86.6 cm³/mol. The van der Waals surface area contributed by atoms with E-state index in [4.69, 9.17) is 4.74 Å². The minimum absolute atomic E-state index is 0.168. The van der Waals surface area contributed by atoms with Crippen LogP contribution in [0.15, 0.2) is 72.8 Å². The number of rotatable bonds is 4. The second-order valence-corrected chi connectivity index (χ2v) is 4.79. The number of phenolic OH excluding ortho intramolecular Hbond substituents is 1. The maximum Gasteiger partial charge on any atom is 0.162 e. The van der Waals surface area contributed by atoms with Gasteiger partial charge in [-0.3, -0.25) is 0 Å². The summed E-state index contributed by atoms with van der Waals surface area (Å²) in [4.78, 5) is 0. The number of aromatic hydroxyl groups is 1. The largest absolute Gasteiger partial charge is 0.504 e. The predicted octanol–water partition coefficient (Wildman–Crippen LogP) is 4.64. The van der Waals surface area contributed by atoms with Gasteiger partial charge in [0.1, 0.15) is 6.61 Å². The third-order valence-corrected chi connectivity index (χ3v) is 3.27. The molecule has 0 saturated carbocycles. The van der Waals surface area contributed by atoms with E-state index in [9.17, 15) is 5.11 Å². The number of ether oxygens (including phenoxy) is 1. The molecule has 0 aliphatic heterocycles. The summed E-state index contributed by atoms with van der Waals surface area (Å²) in [5.41, 5.74) is 1.13. The van der Waals surface area contributed by atoms with Crippen molar-refractivity contribution in [2.24, 2.45) is 0 Å². The van der Waals surface area contributed by atoms with Crippen LogP contribution in [-0.2, 0) is 0 Å². The van der Waals surface area contributed by atoms with Gasteiger partial charge < -0.3 is 9.84 Å². The van der Waals surface area contributed by atoms with E-state index >= 15 is 0 Å². The fourth-order valence-corrected chi connectivity index (χ4v) is 2.21. The SMILES string of the molecule is Oc1cc2ccccc2cc1OC/C=C/c1ccccc1. The molecular formula is C19H16O2. The average molecular weight is 276 g/mol. The van der Waals surface area contributed by atoms with Crippen LogP contribution in [0.2, 0.25) is 0 Å². The van der Waals surface area contributed by atoms with Gasteiger partial charge >= 0.3 is 0 Å². The van der Waals surface area contributed by atoms with Gasteiger partial charge in [0.25, 0.3) is 0 Å². The Bertz CT molecular complexity index is 761. The second-order valence-electron chi connectivity index (χ2n) is 4.79. The van der Waals surface area contributed by atoms with Crippen LogP contribution in [-0.4, -0.2) is 11.7 Å². The molecule has 3 aromatic carbocycles. The van der Waals surface area contributed by atoms with Crippen molar-refractivity contribution >= 4 is 16.8 Å². The summed E-state index contributed by atoms with van der Waals surface area (Å²) in [6.45, 7) is 0.417. The van der Waals surface area contributed by atoms with Crippen LogP contribution in [0.25, 0.3) is 16.8 Å². The highest BCUT2D eigenvalue weighted by Gasteiger charge is 2.03. The van der Waals surface area contributed by atoms with Crippen LogP contribution >= 0.6 is 0 Å². The Morgan fingerprint density at radius 3 is 2.29 bits per heavy atom. The monoisotopic (exact) mass is 276 g/mol. The van der Waals surface area contributed by atoms with E-state index in [1.54, 1.807) is 6.07 Å². The van der Waals surface area contributed by atoms with E-state index in [1.165, 1.54) is 0 Å². The summed E-state index contributed by atoms with van der Waals surface area (Å²) in [7, 11) is 0. The zero-order valence-electron chi connectivity index (χ0n) is 11.6. The normalized spacial score (nSPS) is 11.0. The highest BCUT2D eigenvalue weighted by atomic mass is 16.5. The van der Waals surface area contributed by atoms with E-state index in [0.717, 1.165) is 16.3 Å². The molecule has 0 radical (unpaired) electrons. The molecule has 1 N–H and O–H groups in total. The number of fused-ring (bicyclic) bond motifs is 1. The molecule has 0 amide bonds. The fraction of sp³-hybridized carbons (Fsp3) is 0.0526. The molecule has 0 fully saturated rings. The van der Waals surface area contributed by atoms with Gasteiger partial charge in [-0.05, 0) is 34.5 Å². The molecule has 2 nitrogen and oxygen atoms in total. The van der Waals surface area contributed by atoms with Crippen LogP contribution in [0.3, 0.4) is 0 Å². The summed E-state index contributed by atoms with van der Waals surface area (Å²) >= 11 is 0. The Morgan fingerprint density at radius 1 is 0.857 bits per heavy atom. The lowest BCUT2D eigenvalue weighted by Gasteiger charge is -2.07. The number of phenols is 1. The Kier molecular flexibility index (Phi) is 3.88. The Hall–Kier alpha value is -2.74. The molecule has 3 rings (SSSR count). The van der Waals surface area contributed by atoms with Gasteiger partial charge in [-0.15, -0.1) is 0 Å². The maximum atomic E-state index is 9.98. The first-order chi connectivity index (χ1) is 10.3. The van der Waals surface area contributed by atoms with E-state index in [1.807, 2.05) is 72.8 Å². The minimum atomic E-state index is 0.168. The molecule has 0 aliphatic carbocycles. The van der Waals surface area contributed by atoms with Crippen molar-refractivity contribution in [2.75, 3.05) is 6.61 Å². The molecule has 104 valence electrons. The van der Waals surface area contributed by atoms with Gasteiger partial charge in [0.15, 0.2) is 11.5 Å². The van der Waals surface area contributed by atoms with Gasteiger partial charge in [0.05, 0.1) is 0 Å². The van der Waals surface area contributed by atoms with Crippen LogP contribution in [0, 0.1) is 0 Å². The Balaban J connectivity index is 1.70. The molecule has 0 unspecified atom stereocenters. The molecule has 3 aromatic rings. The lowest BCUT2D eigenvalue weighted by molar-refractivity contribution is 0.337. The molecule has 0 aromatic heterocycles. The molecular weight excluding hydrogens is 260 g/mol. The Morgan fingerprint density at radius 2 is 1.52 bits per heavy atom. The summed E-state index contributed by atoms with van der Waals surface area (Å²) in [5, 5.41) is 12.0. The third kappa shape index (κ3) is 3.23. The molecule has 0 saturated heterocycles. The van der Waals surface area contributed by atoms with Crippen molar-refractivity contribution in [3.05, 3.63) is 78.4 Å². The first kappa shape index (κ1) is 13.3. The molecule has 0 bridgehead atoms. The fourth-order valence-electron chi connectivity index (χ4n) is 2.21. The van der Waals surface area contributed by atoms with Crippen LogP contribution in [0.5, 0.6) is 11.5 Å². The number of hydrogen-bond acceptors (Lipinski definition) is 2. The van der Waals surface area contributed by atoms with E-state index in [0.29, 0.717) is 12.4 Å². The summed E-state index contributed by atoms with van der Waals surface area (Å²) in [6, 6.07) is 21.5. The molecule has 21 heavy (non-hydrogen) atoms. The molecule has 0 aliphatic rings. The van der Waals surface area contributed by atoms with E-state index in [-0.39, 0.29) is 5.75 Å². The average Bonchev–Trinajstić information content (AvgIpc) is 2.53. The van der Waals surface area contributed by atoms with Gasteiger partial charge in [-0.25, -0.2) is 0 Å². The van der Waals surface area contributed by atoms with Crippen LogP contribution < -0.4 is 4.74 Å². The highest BCUT2D eigenvalue weighted by Crippen LogP contribution is 2.31. The van der Waals surface area contributed by atoms with Crippen molar-refractivity contribution in [3.8, 4) is 11.5 Å². The van der Waals surface area contributed by atoms with Gasteiger partial charge in [0.2, 0.25) is 0 Å². The number of hydrogen-bond donors (Lipinski definition) is 1. The molecule has 0 atom stereocenters. The maximum absolute atomic E-state index is 9.98. The van der Waals surface area contributed by atoms with Gasteiger partial charge in [0, 0.05) is 0 Å². The quantitative estimate of drug-likeness (QED) is 0.752. The first-order valence-electron chi connectivity index (χ1n) is 6.89. The van der Waals surface area contributed by atoms with Crippen LogP contribution in [0.1, 0.15) is 5.56 Å². The van der Waals surface area contributed by atoms with E-state index < -0.39 is 0 Å². The highest BCUT2D eigenvalue weighted by molar-refractivity contribution is 5.85. The van der Waals surface area contributed by atoms with Gasteiger partial charge in [-0.1, -0.05) is 60.7 Å². The van der Waals surface area contributed by atoms with Crippen LogP contribution in [0.4, 0.5) is 0 Å². The van der Waals surface area contributed by atoms with Crippen molar-refractivity contribution < 1.29 is 9.84 Å². The molecule has 0 spiro atoms. The smallest absolute Gasteiger partial charge is 0.162 e. The zero-order chi connectivity index (χ0) is 14.5.